The number of hydrogen-bond donors (Lipinski definition) is 1. The van der Waals surface area contributed by atoms with Gasteiger partial charge in [-0.3, -0.25) is 9.67 Å². The molecule has 3 rings (SSSR count). The lowest BCUT2D eigenvalue weighted by Crippen LogP contribution is -2.52. The fraction of sp³-hybridized carbons (Fsp3) is 0.412. The van der Waals surface area contributed by atoms with Gasteiger partial charge in [-0.2, -0.15) is 5.10 Å². The summed E-state index contributed by atoms with van der Waals surface area (Å²) in [5.41, 5.74) is 1.79. The molecule has 7 heteroatoms. The maximum Gasteiger partial charge on any atom is 0.194 e. The van der Waals surface area contributed by atoms with Gasteiger partial charge in [-0.1, -0.05) is 12.1 Å². The van der Waals surface area contributed by atoms with Crippen molar-refractivity contribution in [1.29, 1.82) is 0 Å². The number of benzene rings is 1. The molecule has 1 aromatic heterocycles. The molecule has 1 aromatic carbocycles. The Morgan fingerprint density at radius 2 is 2.00 bits per heavy atom. The van der Waals surface area contributed by atoms with Crippen LogP contribution in [0.4, 0.5) is 10.1 Å². The topological polar surface area (TPSA) is 48.7 Å². The number of hydrogen-bond acceptors (Lipinski definition) is 3. The largest absolute Gasteiger partial charge is 0.366 e. The van der Waals surface area contributed by atoms with Gasteiger partial charge in [0.1, 0.15) is 5.82 Å². The molecule has 1 saturated heterocycles. The van der Waals surface area contributed by atoms with Crippen molar-refractivity contribution in [2.45, 2.75) is 6.54 Å². The van der Waals surface area contributed by atoms with Crippen molar-refractivity contribution in [3.05, 3.63) is 48.0 Å². The Kier molecular flexibility index (Phi) is 4.98. The van der Waals surface area contributed by atoms with E-state index in [2.05, 4.69) is 25.2 Å². The zero-order valence-corrected chi connectivity index (χ0v) is 14.1. The van der Waals surface area contributed by atoms with Crippen LogP contribution in [0, 0.1) is 5.82 Å². The van der Waals surface area contributed by atoms with Crippen molar-refractivity contribution < 1.29 is 4.39 Å². The second-order valence-electron chi connectivity index (χ2n) is 5.85. The molecule has 0 radical (unpaired) electrons. The van der Waals surface area contributed by atoms with Crippen LogP contribution in [0.2, 0.25) is 0 Å². The molecule has 6 nitrogen and oxygen atoms in total. The number of anilines is 1. The lowest BCUT2D eigenvalue weighted by molar-refractivity contribution is 0.370. The molecular weight excluding hydrogens is 307 g/mol. The van der Waals surface area contributed by atoms with Crippen molar-refractivity contribution in [2.24, 2.45) is 12.0 Å². The van der Waals surface area contributed by atoms with Crippen molar-refractivity contribution >= 4 is 11.6 Å². The second-order valence-corrected chi connectivity index (χ2v) is 5.85. The van der Waals surface area contributed by atoms with E-state index in [1.807, 2.05) is 31.6 Å². The van der Waals surface area contributed by atoms with Crippen molar-refractivity contribution in [3.63, 3.8) is 0 Å². The summed E-state index contributed by atoms with van der Waals surface area (Å²) in [5.74, 6) is 0.706. The van der Waals surface area contributed by atoms with Crippen LogP contribution in [0.1, 0.15) is 5.56 Å². The molecule has 128 valence electrons. The van der Waals surface area contributed by atoms with Gasteiger partial charge in [0, 0.05) is 58.6 Å². The summed E-state index contributed by atoms with van der Waals surface area (Å²) in [7, 11) is 3.69. The third kappa shape index (κ3) is 3.67. The first-order valence-electron chi connectivity index (χ1n) is 8.10. The molecule has 1 aliphatic heterocycles. The van der Waals surface area contributed by atoms with Crippen LogP contribution in [-0.2, 0) is 13.6 Å². The van der Waals surface area contributed by atoms with E-state index in [1.54, 1.807) is 17.8 Å². The van der Waals surface area contributed by atoms with Crippen LogP contribution in [0.15, 0.2) is 41.7 Å². The summed E-state index contributed by atoms with van der Waals surface area (Å²) in [6.45, 7) is 3.85. The Morgan fingerprint density at radius 1 is 1.25 bits per heavy atom. The van der Waals surface area contributed by atoms with Gasteiger partial charge >= 0.3 is 0 Å². The number of guanidine groups is 1. The minimum absolute atomic E-state index is 0.162. The average Bonchev–Trinajstić information content (AvgIpc) is 3.02. The SMILES string of the molecule is CN=C(NCc1cnn(C)c1)N1CCN(c2ccccc2F)CC1. The molecular formula is C17H23FN6. The van der Waals surface area contributed by atoms with Gasteiger partial charge in [0.2, 0.25) is 0 Å². The first-order valence-corrected chi connectivity index (χ1v) is 8.10. The number of nitrogens with zero attached hydrogens (tertiary/aromatic N) is 5. The minimum atomic E-state index is -0.162. The van der Waals surface area contributed by atoms with E-state index in [1.165, 1.54) is 6.07 Å². The van der Waals surface area contributed by atoms with Gasteiger partial charge in [0.15, 0.2) is 5.96 Å². The Balaban J connectivity index is 1.55. The van der Waals surface area contributed by atoms with E-state index in [0.29, 0.717) is 12.2 Å². The molecule has 2 heterocycles. The normalized spacial score (nSPS) is 15.7. The Morgan fingerprint density at radius 3 is 2.62 bits per heavy atom. The highest BCUT2D eigenvalue weighted by Crippen LogP contribution is 2.20. The maximum absolute atomic E-state index is 13.9. The second kappa shape index (κ2) is 7.33. The van der Waals surface area contributed by atoms with Crippen molar-refractivity contribution in [1.82, 2.24) is 20.0 Å². The standard InChI is InChI=1S/C17H23FN6/c1-19-17(20-11-14-12-21-22(2)13-14)24-9-7-23(8-10-24)16-6-4-3-5-15(16)18/h3-6,12-13H,7-11H2,1-2H3,(H,19,20). The Hall–Kier alpha value is -2.57. The summed E-state index contributed by atoms with van der Waals surface area (Å²) in [5, 5.41) is 7.53. The van der Waals surface area contributed by atoms with Gasteiger partial charge in [0.05, 0.1) is 11.9 Å². The number of piperazine rings is 1. The van der Waals surface area contributed by atoms with Crippen molar-refractivity contribution in [2.75, 3.05) is 38.1 Å². The third-order valence-electron chi connectivity index (χ3n) is 4.19. The fourth-order valence-electron chi connectivity index (χ4n) is 2.94. The molecule has 24 heavy (non-hydrogen) atoms. The molecule has 0 saturated carbocycles. The average molecular weight is 330 g/mol. The summed E-state index contributed by atoms with van der Waals surface area (Å²) in [6, 6.07) is 6.94. The highest BCUT2D eigenvalue weighted by atomic mass is 19.1. The molecule has 0 bridgehead atoms. The molecule has 1 N–H and O–H groups in total. The molecule has 0 aliphatic carbocycles. The Labute approximate surface area is 141 Å². The summed E-state index contributed by atoms with van der Waals surface area (Å²) < 4.78 is 15.7. The van der Waals surface area contributed by atoms with E-state index >= 15 is 0 Å². The first-order chi connectivity index (χ1) is 11.7. The molecule has 0 amide bonds. The molecule has 0 spiro atoms. The van der Waals surface area contributed by atoms with E-state index in [0.717, 1.165) is 37.7 Å². The van der Waals surface area contributed by atoms with Crippen LogP contribution in [0.5, 0.6) is 0 Å². The van der Waals surface area contributed by atoms with Crippen LogP contribution in [0.25, 0.3) is 0 Å². The van der Waals surface area contributed by atoms with Gasteiger partial charge in [-0.05, 0) is 12.1 Å². The van der Waals surface area contributed by atoms with Gasteiger partial charge in [0.25, 0.3) is 0 Å². The number of aryl methyl sites for hydroxylation is 1. The highest BCUT2D eigenvalue weighted by Gasteiger charge is 2.21. The van der Waals surface area contributed by atoms with Crippen LogP contribution in [-0.4, -0.2) is 53.9 Å². The number of aliphatic imine (C=N–C) groups is 1. The van der Waals surface area contributed by atoms with E-state index in [-0.39, 0.29) is 5.82 Å². The monoisotopic (exact) mass is 330 g/mol. The van der Waals surface area contributed by atoms with Crippen molar-refractivity contribution in [3.8, 4) is 0 Å². The predicted molar refractivity (Wildman–Crippen MR) is 93.6 cm³/mol. The zero-order chi connectivity index (χ0) is 16.9. The number of aromatic nitrogens is 2. The fourth-order valence-corrected chi connectivity index (χ4v) is 2.94. The summed E-state index contributed by atoms with van der Waals surface area (Å²) in [6.07, 6.45) is 3.83. The van der Waals surface area contributed by atoms with Crippen LogP contribution in [0.3, 0.4) is 0 Å². The number of halogens is 1. The zero-order valence-electron chi connectivity index (χ0n) is 14.1. The minimum Gasteiger partial charge on any atom is -0.366 e. The number of para-hydroxylation sites is 1. The van der Waals surface area contributed by atoms with Crippen LogP contribution < -0.4 is 10.2 Å². The summed E-state index contributed by atoms with van der Waals surface area (Å²) >= 11 is 0. The molecule has 1 aliphatic rings. The van der Waals surface area contributed by atoms with Gasteiger partial charge in [-0.15, -0.1) is 0 Å². The van der Waals surface area contributed by atoms with Crippen LogP contribution >= 0.6 is 0 Å². The van der Waals surface area contributed by atoms with Gasteiger partial charge < -0.3 is 15.1 Å². The quantitative estimate of drug-likeness (QED) is 0.684. The third-order valence-corrected chi connectivity index (χ3v) is 4.19. The highest BCUT2D eigenvalue weighted by molar-refractivity contribution is 5.80. The summed E-state index contributed by atoms with van der Waals surface area (Å²) in [4.78, 5) is 8.65. The molecule has 0 atom stereocenters. The van der Waals surface area contributed by atoms with Gasteiger partial charge in [-0.25, -0.2) is 4.39 Å². The number of rotatable bonds is 3. The Bertz CT molecular complexity index is 703. The lowest BCUT2D eigenvalue weighted by Gasteiger charge is -2.37. The molecule has 1 fully saturated rings. The maximum atomic E-state index is 13.9. The first kappa shape index (κ1) is 16.3. The van der Waals surface area contributed by atoms with E-state index in [4.69, 9.17) is 0 Å². The predicted octanol–water partition coefficient (Wildman–Crippen LogP) is 1.46. The molecule has 2 aromatic rings. The van der Waals surface area contributed by atoms with E-state index in [9.17, 15) is 4.39 Å². The number of nitrogens with one attached hydrogen (secondary N) is 1. The smallest absolute Gasteiger partial charge is 0.194 e. The lowest BCUT2D eigenvalue weighted by atomic mass is 10.2. The van der Waals surface area contributed by atoms with E-state index < -0.39 is 0 Å². The molecule has 0 unspecified atom stereocenters.